The Labute approximate surface area is 136 Å². The highest BCUT2D eigenvalue weighted by Crippen LogP contribution is 2.33. The summed E-state index contributed by atoms with van der Waals surface area (Å²) in [5.41, 5.74) is 0.561. The molecule has 1 aromatic carbocycles. The molecule has 0 atom stereocenters. The van der Waals surface area contributed by atoms with Crippen LogP contribution in [0.4, 0.5) is 19.0 Å². The second kappa shape index (κ2) is 6.74. The van der Waals surface area contributed by atoms with E-state index in [1.165, 1.54) is 11.0 Å². The molecule has 2 rings (SSSR count). The standard InChI is InChI=1S/C17H15F3N2O2/c1-22(2)15-10-13(17(18,19)20)9-14(21-15)12-6-3-11(4-7-12)5-8-16(23)24/h3-10H,1-2H3,(H,23,24)/b8-5+. The summed E-state index contributed by atoms with van der Waals surface area (Å²) in [6, 6.07) is 8.42. The summed E-state index contributed by atoms with van der Waals surface area (Å²) in [6.45, 7) is 0. The minimum atomic E-state index is -4.47. The van der Waals surface area contributed by atoms with Gasteiger partial charge < -0.3 is 10.0 Å². The van der Waals surface area contributed by atoms with Gasteiger partial charge in [-0.1, -0.05) is 24.3 Å². The summed E-state index contributed by atoms with van der Waals surface area (Å²) >= 11 is 0. The Morgan fingerprint density at radius 3 is 2.29 bits per heavy atom. The third-order valence-corrected chi connectivity index (χ3v) is 3.22. The van der Waals surface area contributed by atoms with Crippen molar-refractivity contribution in [3.63, 3.8) is 0 Å². The van der Waals surface area contributed by atoms with E-state index < -0.39 is 17.7 Å². The fraction of sp³-hybridized carbons (Fsp3) is 0.176. The van der Waals surface area contributed by atoms with E-state index in [1.54, 1.807) is 38.4 Å². The zero-order valence-corrected chi connectivity index (χ0v) is 13.0. The van der Waals surface area contributed by atoms with E-state index in [0.29, 0.717) is 11.1 Å². The second-order valence-corrected chi connectivity index (χ2v) is 5.29. The molecule has 24 heavy (non-hydrogen) atoms. The van der Waals surface area contributed by atoms with Crippen molar-refractivity contribution in [2.75, 3.05) is 19.0 Å². The molecule has 1 aromatic heterocycles. The molecule has 0 saturated heterocycles. The number of pyridine rings is 1. The third-order valence-electron chi connectivity index (χ3n) is 3.22. The average Bonchev–Trinajstić information content (AvgIpc) is 2.52. The van der Waals surface area contributed by atoms with Crippen molar-refractivity contribution >= 4 is 17.9 Å². The van der Waals surface area contributed by atoms with E-state index in [2.05, 4.69) is 4.98 Å². The molecule has 126 valence electrons. The third kappa shape index (κ3) is 4.34. The van der Waals surface area contributed by atoms with Crippen LogP contribution in [0.1, 0.15) is 11.1 Å². The minimum absolute atomic E-state index is 0.197. The van der Waals surface area contributed by atoms with E-state index in [4.69, 9.17) is 5.11 Å². The minimum Gasteiger partial charge on any atom is -0.478 e. The normalized spacial score (nSPS) is 11.7. The molecule has 4 nitrogen and oxygen atoms in total. The Hall–Kier alpha value is -2.83. The first-order valence-electron chi connectivity index (χ1n) is 6.95. The fourth-order valence-corrected chi connectivity index (χ4v) is 1.99. The van der Waals surface area contributed by atoms with Gasteiger partial charge in [-0.15, -0.1) is 0 Å². The number of hydrogen-bond donors (Lipinski definition) is 1. The maximum atomic E-state index is 13.1. The first-order valence-corrected chi connectivity index (χ1v) is 6.95. The molecule has 2 aromatic rings. The first-order chi connectivity index (χ1) is 11.2. The van der Waals surface area contributed by atoms with E-state index >= 15 is 0 Å². The number of nitrogens with zero attached hydrogens (tertiary/aromatic N) is 2. The molecule has 1 N–H and O–H groups in total. The van der Waals surface area contributed by atoms with Gasteiger partial charge in [0.2, 0.25) is 0 Å². The monoisotopic (exact) mass is 336 g/mol. The van der Waals surface area contributed by atoms with E-state index in [0.717, 1.165) is 18.2 Å². The van der Waals surface area contributed by atoms with Crippen LogP contribution in [0.15, 0.2) is 42.5 Å². The fourth-order valence-electron chi connectivity index (χ4n) is 1.99. The number of carboxylic acids is 1. The van der Waals surface area contributed by atoms with Gasteiger partial charge in [0.1, 0.15) is 5.82 Å². The summed E-state index contributed by atoms with van der Waals surface area (Å²) in [6.07, 6.45) is -2.08. The zero-order valence-electron chi connectivity index (χ0n) is 13.0. The van der Waals surface area contributed by atoms with E-state index in [-0.39, 0.29) is 11.5 Å². The number of carboxylic acid groups (broad SMARTS) is 1. The summed E-state index contributed by atoms with van der Waals surface area (Å²) < 4.78 is 39.2. The van der Waals surface area contributed by atoms with Gasteiger partial charge in [0.15, 0.2) is 0 Å². The predicted octanol–water partition coefficient (Wildman–Crippen LogP) is 3.93. The van der Waals surface area contributed by atoms with Crippen LogP contribution >= 0.6 is 0 Å². The number of anilines is 1. The molecule has 0 aliphatic carbocycles. The Morgan fingerprint density at radius 1 is 1.17 bits per heavy atom. The molecular formula is C17H15F3N2O2. The molecule has 0 aliphatic rings. The summed E-state index contributed by atoms with van der Waals surface area (Å²) in [7, 11) is 3.23. The van der Waals surface area contributed by atoms with Crippen LogP contribution in [0.2, 0.25) is 0 Å². The number of halogens is 3. The average molecular weight is 336 g/mol. The lowest BCUT2D eigenvalue weighted by molar-refractivity contribution is -0.137. The molecule has 0 bridgehead atoms. The van der Waals surface area contributed by atoms with Crippen LogP contribution < -0.4 is 4.90 Å². The second-order valence-electron chi connectivity index (χ2n) is 5.29. The Kier molecular flexibility index (Phi) is 4.92. The molecule has 0 spiro atoms. The van der Waals surface area contributed by atoms with E-state index in [9.17, 15) is 18.0 Å². The number of rotatable bonds is 4. The van der Waals surface area contributed by atoms with Crippen LogP contribution in [0.5, 0.6) is 0 Å². The highest BCUT2D eigenvalue weighted by molar-refractivity contribution is 5.85. The number of carbonyl (C=O) groups is 1. The van der Waals surface area contributed by atoms with Crippen molar-refractivity contribution in [1.29, 1.82) is 0 Å². The van der Waals surface area contributed by atoms with Crippen LogP contribution in [-0.2, 0) is 11.0 Å². The molecule has 0 radical (unpaired) electrons. The maximum Gasteiger partial charge on any atom is 0.416 e. The van der Waals surface area contributed by atoms with Crippen molar-refractivity contribution in [1.82, 2.24) is 4.98 Å². The molecule has 0 amide bonds. The maximum absolute atomic E-state index is 13.1. The van der Waals surface area contributed by atoms with Crippen molar-refractivity contribution in [2.24, 2.45) is 0 Å². The Bertz CT molecular complexity index is 766. The zero-order chi connectivity index (χ0) is 17.9. The lowest BCUT2D eigenvalue weighted by atomic mass is 10.1. The van der Waals surface area contributed by atoms with Gasteiger partial charge in [-0.3, -0.25) is 0 Å². The topological polar surface area (TPSA) is 53.4 Å². The van der Waals surface area contributed by atoms with Crippen LogP contribution in [0.3, 0.4) is 0 Å². The molecule has 0 aliphatic heterocycles. The number of benzene rings is 1. The quantitative estimate of drug-likeness (QED) is 0.860. The Balaban J connectivity index is 2.44. The molecule has 0 fully saturated rings. The Morgan fingerprint density at radius 2 is 1.79 bits per heavy atom. The molecule has 0 unspecified atom stereocenters. The van der Waals surface area contributed by atoms with Crippen molar-refractivity contribution in [2.45, 2.75) is 6.18 Å². The summed E-state index contributed by atoms with van der Waals surface area (Å²) in [5.74, 6) is -0.871. The summed E-state index contributed by atoms with van der Waals surface area (Å²) in [4.78, 5) is 16.2. The molecule has 0 saturated carbocycles. The molecular weight excluding hydrogens is 321 g/mol. The van der Waals surface area contributed by atoms with Crippen LogP contribution in [-0.4, -0.2) is 30.2 Å². The first kappa shape index (κ1) is 17.5. The molecule has 7 heteroatoms. The van der Waals surface area contributed by atoms with Crippen molar-refractivity contribution in [3.8, 4) is 11.3 Å². The SMILES string of the molecule is CN(C)c1cc(C(F)(F)F)cc(-c2ccc(/C=C/C(=O)O)cc2)n1. The van der Waals surface area contributed by atoms with Gasteiger partial charge in [0.05, 0.1) is 11.3 Å². The number of aromatic nitrogens is 1. The largest absolute Gasteiger partial charge is 0.478 e. The molecule has 1 heterocycles. The lowest BCUT2D eigenvalue weighted by Crippen LogP contribution is -2.14. The predicted molar refractivity (Wildman–Crippen MR) is 85.7 cm³/mol. The van der Waals surface area contributed by atoms with Gasteiger partial charge in [0, 0.05) is 25.7 Å². The van der Waals surface area contributed by atoms with Crippen LogP contribution in [0.25, 0.3) is 17.3 Å². The number of alkyl halides is 3. The van der Waals surface area contributed by atoms with Gasteiger partial charge in [-0.25, -0.2) is 9.78 Å². The summed E-state index contributed by atoms with van der Waals surface area (Å²) in [5, 5.41) is 8.59. The van der Waals surface area contributed by atoms with E-state index in [1.807, 2.05) is 0 Å². The van der Waals surface area contributed by atoms with Crippen molar-refractivity contribution in [3.05, 3.63) is 53.6 Å². The smallest absolute Gasteiger partial charge is 0.416 e. The van der Waals surface area contributed by atoms with Gasteiger partial charge in [0.25, 0.3) is 0 Å². The van der Waals surface area contributed by atoms with Gasteiger partial charge in [-0.05, 0) is 23.8 Å². The highest BCUT2D eigenvalue weighted by atomic mass is 19.4. The highest BCUT2D eigenvalue weighted by Gasteiger charge is 2.32. The number of hydrogen-bond acceptors (Lipinski definition) is 3. The van der Waals surface area contributed by atoms with Crippen LogP contribution in [0, 0.1) is 0 Å². The van der Waals surface area contributed by atoms with Gasteiger partial charge >= 0.3 is 12.1 Å². The number of aliphatic carboxylic acids is 1. The van der Waals surface area contributed by atoms with Crippen molar-refractivity contribution < 1.29 is 23.1 Å². The van der Waals surface area contributed by atoms with Gasteiger partial charge in [-0.2, -0.15) is 13.2 Å². The lowest BCUT2D eigenvalue weighted by Gasteiger charge is -2.16.